The lowest BCUT2D eigenvalue weighted by atomic mass is 10.1. The van der Waals surface area contributed by atoms with Crippen LogP contribution in [-0.4, -0.2) is 36.7 Å². The van der Waals surface area contributed by atoms with E-state index >= 15 is 0 Å². The molecule has 1 unspecified atom stereocenters. The van der Waals surface area contributed by atoms with Crippen LogP contribution >= 0.6 is 15.9 Å². The van der Waals surface area contributed by atoms with Crippen LogP contribution in [0.5, 0.6) is 0 Å². The van der Waals surface area contributed by atoms with Crippen molar-refractivity contribution in [2.24, 2.45) is 5.92 Å². The van der Waals surface area contributed by atoms with Gasteiger partial charge in [0.15, 0.2) is 0 Å². The number of ether oxygens (including phenoxy) is 1. The first-order chi connectivity index (χ1) is 10.6. The van der Waals surface area contributed by atoms with Crippen molar-refractivity contribution in [3.05, 3.63) is 34.1 Å². The van der Waals surface area contributed by atoms with Crippen molar-refractivity contribution in [2.75, 3.05) is 20.1 Å². The monoisotopic (exact) mass is 388 g/mol. The van der Waals surface area contributed by atoms with Gasteiger partial charge in [-0.1, -0.05) is 22.9 Å². The van der Waals surface area contributed by atoms with E-state index in [2.05, 4.69) is 28.2 Å². The van der Waals surface area contributed by atoms with Crippen molar-refractivity contribution in [1.29, 1.82) is 0 Å². The third kappa shape index (κ3) is 7.79. The van der Waals surface area contributed by atoms with Gasteiger partial charge in [-0.2, -0.15) is 0 Å². The lowest BCUT2D eigenvalue weighted by Crippen LogP contribution is -2.38. The number of nitrogens with zero attached hydrogens (tertiary/aromatic N) is 1. The molecule has 1 atom stereocenters. The maximum Gasteiger partial charge on any atom is 0.410 e. The summed E-state index contributed by atoms with van der Waals surface area (Å²) in [5, 5.41) is 3.29. The molecule has 1 amide bonds. The quantitative estimate of drug-likeness (QED) is 0.794. The summed E-state index contributed by atoms with van der Waals surface area (Å²) in [5.74, 6) is 0.00237. The van der Waals surface area contributed by atoms with Crippen LogP contribution in [0.3, 0.4) is 0 Å². The van der Waals surface area contributed by atoms with Gasteiger partial charge in [0.05, 0.1) is 0 Å². The van der Waals surface area contributed by atoms with Crippen LogP contribution in [0, 0.1) is 11.7 Å². The number of halogens is 2. The summed E-state index contributed by atoms with van der Waals surface area (Å²) < 4.78 is 19.4. The molecule has 0 fully saturated rings. The number of amides is 1. The second kappa shape index (κ2) is 8.64. The normalized spacial score (nSPS) is 12.8. The van der Waals surface area contributed by atoms with Crippen LogP contribution < -0.4 is 5.32 Å². The van der Waals surface area contributed by atoms with E-state index in [0.717, 1.165) is 16.6 Å². The highest BCUT2D eigenvalue weighted by Crippen LogP contribution is 2.17. The molecule has 0 aliphatic carbocycles. The molecule has 1 rings (SSSR count). The molecule has 0 heterocycles. The number of carbonyl (C=O) groups is 1. The Morgan fingerprint density at radius 3 is 2.70 bits per heavy atom. The van der Waals surface area contributed by atoms with E-state index in [1.807, 2.05) is 20.8 Å². The number of carbonyl (C=O) groups excluding carboxylic acids is 1. The summed E-state index contributed by atoms with van der Waals surface area (Å²) >= 11 is 3.41. The zero-order chi connectivity index (χ0) is 17.6. The fourth-order valence-corrected chi connectivity index (χ4v) is 2.47. The van der Waals surface area contributed by atoms with Gasteiger partial charge in [-0.15, -0.1) is 0 Å². The summed E-state index contributed by atoms with van der Waals surface area (Å²) in [4.78, 5) is 13.5. The van der Waals surface area contributed by atoms with Crippen molar-refractivity contribution in [3.8, 4) is 0 Å². The van der Waals surface area contributed by atoms with E-state index in [0.29, 0.717) is 13.1 Å². The Kier molecular flexibility index (Phi) is 7.48. The van der Waals surface area contributed by atoms with E-state index < -0.39 is 5.60 Å². The predicted octanol–water partition coefficient (Wildman–Crippen LogP) is 4.18. The van der Waals surface area contributed by atoms with E-state index in [-0.39, 0.29) is 17.8 Å². The van der Waals surface area contributed by atoms with E-state index in [1.165, 1.54) is 12.1 Å². The van der Waals surface area contributed by atoms with Crippen molar-refractivity contribution in [3.63, 3.8) is 0 Å². The maximum absolute atomic E-state index is 13.2. The number of hydrogen-bond acceptors (Lipinski definition) is 3. The number of nitrogens with one attached hydrogen (secondary N) is 1. The molecule has 0 spiro atoms. The Morgan fingerprint density at radius 1 is 1.43 bits per heavy atom. The molecule has 1 N–H and O–H groups in total. The molecule has 0 saturated carbocycles. The first kappa shape index (κ1) is 19.9. The van der Waals surface area contributed by atoms with Gasteiger partial charge < -0.3 is 15.0 Å². The molecule has 0 aliphatic heterocycles. The average molecular weight is 389 g/mol. The highest BCUT2D eigenvalue weighted by molar-refractivity contribution is 9.10. The maximum atomic E-state index is 13.2. The van der Waals surface area contributed by atoms with Gasteiger partial charge in [0.2, 0.25) is 0 Å². The molecule has 130 valence electrons. The molecular formula is C17H26BrFN2O2. The highest BCUT2D eigenvalue weighted by Gasteiger charge is 2.20. The Bertz CT molecular complexity index is 532. The fourth-order valence-electron chi connectivity index (χ4n) is 2.08. The third-order valence-corrected chi connectivity index (χ3v) is 3.88. The molecule has 0 radical (unpaired) electrons. The lowest BCUT2D eigenvalue weighted by Gasteiger charge is -2.26. The van der Waals surface area contributed by atoms with Crippen LogP contribution in [0.2, 0.25) is 0 Å². The highest BCUT2D eigenvalue weighted by atomic mass is 79.9. The number of hydrogen-bond donors (Lipinski definition) is 1. The van der Waals surface area contributed by atoms with Gasteiger partial charge in [-0.25, -0.2) is 9.18 Å². The molecule has 1 aromatic carbocycles. The minimum Gasteiger partial charge on any atom is -0.444 e. The summed E-state index contributed by atoms with van der Waals surface area (Å²) in [7, 11) is 1.73. The molecule has 0 bridgehead atoms. The first-order valence-corrected chi connectivity index (χ1v) is 8.46. The standard InChI is InChI=1S/C17H26BrFN2O2/c1-12(11-21(5)16(22)23-17(2,3)4)9-20-10-13-8-14(19)6-7-15(13)18/h6-8,12,20H,9-11H2,1-5H3. The third-order valence-electron chi connectivity index (χ3n) is 3.11. The predicted molar refractivity (Wildman–Crippen MR) is 93.8 cm³/mol. The Morgan fingerprint density at radius 2 is 2.09 bits per heavy atom. The number of rotatable bonds is 6. The van der Waals surface area contributed by atoms with Gasteiger partial charge in [0.1, 0.15) is 11.4 Å². The first-order valence-electron chi connectivity index (χ1n) is 7.67. The topological polar surface area (TPSA) is 41.6 Å². The Balaban J connectivity index is 2.38. The van der Waals surface area contributed by atoms with Gasteiger partial charge in [-0.05, 0) is 57.0 Å². The fraction of sp³-hybridized carbons (Fsp3) is 0.588. The second-order valence-corrected chi connectivity index (χ2v) is 7.69. The molecule has 0 aromatic heterocycles. The Labute approximate surface area is 146 Å². The van der Waals surface area contributed by atoms with Crippen LogP contribution in [0.25, 0.3) is 0 Å². The van der Waals surface area contributed by atoms with Crippen LogP contribution in [0.15, 0.2) is 22.7 Å². The van der Waals surface area contributed by atoms with Crippen LogP contribution in [0.1, 0.15) is 33.3 Å². The molecule has 6 heteroatoms. The molecule has 0 aliphatic rings. The van der Waals surface area contributed by atoms with Gasteiger partial charge in [0.25, 0.3) is 0 Å². The number of benzene rings is 1. The largest absolute Gasteiger partial charge is 0.444 e. The van der Waals surface area contributed by atoms with E-state index in [4.69, 9.17) is 4.74 Å². The molecule has 23 heavy (non-hydrogen) atoms. The molecular weight excluding hydrogens is 363 g/mol. The second-order valence-electron chi connectivity index (χ2n) is 6.83. The van der Waals surface area contributed by atoms with Gasteiger partial charge in [-0.3, -0.25) is 0 Å². The lowest BCUT2D eigenvalue weighted by molar-refractivity contribution is 0.0277. The van der Waals surface area contributed by atoms with Crippen molar-refractivity contribution < 1.29 is 13.9 Å². The zero-order valence-corrected chi connectivity index (χ0v) is 16.0. The smallest absolute Gasteiger partial charge is 0.410 e. The van der Waals surface area contributed by atoms with Gasteiger partial charge in [0, 0.05) is 24.6 Å². The van der Waals surface area contributed by atoms with Crippen LogP contribution in [-0.2, 0) is 11.3 Å². The molecule has 0 saturated heterocycles. The van der Waals surface area contributed by atoms with Crippen molar-refractivity contribution in [2.45, 2.75) is 39.8 Å². The van der Waals surface area contributed by atoms with E-state index in [1.54, 1.807) is 18.0 Å². The SMILES string of the molecule is CC(CNCc1cc(F)ccc1Br)CN(C)C(=O)OC(C)(C)C. The molecule has 4 nitrogen and oxygen atoms in total. The molecule has 1 aromatic rings. The summed E-state index contributed by atoms with van der Waals surface area (Å²) in [6.07, 6.45) is -0.322. The minimum absolute atomic E-state index is 0.247. The zero-order valence-electron chi connectivity index (χ0n) is 14.5. The van der Waals surface area contributed by atoms with Crippen LogP contribution in [0.4, 0.5) is 9.18 Å². The minimum atomic E-state index is -0.490. The van der Waals surface area contributed by atoms with Crippen molar-refractivity contribution in [1.82, 2.24) is 10.2 Å². The Hall–Kier alpha value is -1.14. The van der Waals surface area contributed by atoms with Crippen molar-refractivity contribution >= 4 is 22.0 Å². The average Bonchev–Trinajstić information content (AvgIpc) is 2.40. The van der Waals surface area contributed by atoms with E-state index in [9.17, 15) is 9.18 Å². The van der Waals surface area contributed by atoms with Gasteiger partial charge >= 0.3 is 6.09 Å². The summed E-state index contributed by atoms with van der Waals surface area (Å²) in [5.41, 5.74) is 0.383. The summed E-state index contributed by atoms with van der Waals surface area (Å²) in [6, 6.07) is 4.63. The summed E-state index contributed by atoms with van der Waals surface area (Å²) in [6.45, 7) is 9.47.